The third-order valence-corrected chi connectivity index (χ3v) is 15.6. The van der Waals surface area contributed by atoms with Gasteiger partial charge in [0.25, 0.3) is 0 Å². The van der Waals surface area contributed by atoms with Crippen LogP contribution >= 0.6 is 16.2 Å². The summed E-state index contributed by atoms with van der Waals surface area (Å²) >= 11 is 0. The van der Waals surface area contributed by atoms with Gasteiger partial charge in [-0.15, -0.1) is 0 Å². The molecule has 0 bridgehead atoms. The van der Waals surface area contributed by atoms with E-state index in [1.54, 1.807) is 0 Å². The average Bonchev–Trinajstić information content (AvgIpc) is 3.44. The van der Waals surface area contributed by atoms with Gasteiger partial charge >= 0.3 is 8.24 Å². The molecule has 0 atom stereocenters. The summed E-state index contributed by atoms with van der Waals surface area (Å²) in [6.45, 7) is 0. The van der Waals surface area contributed by atoms with Gasteiger partial charge < -0.3 is 12.9 Å². The second-order valence-corrected chi connectivity index (χ2v) is 18.6. The Balaban J connectivity index is 1.19. The van der Waals surface area contributed by atoms with E-state index < -0.39 is 16.2 Å². The van der Waals surface area contributed by atoms with Crippen LogP contribution < -0.4 is 20.4 Å². The predicted molar refractivity (Wildman–Crippen MR) is 241 cm³/mol. The van der Waals surface area contributed by atoms with E-state index >= 15 is 0 Å². The molecule has 57 heavy (non-hydrogen) atoms. The fraction of sp³-hybridized carbons (Fsp3) is 0.154. The van der Waals surface area contributed by atoms with Crippen molar-refractivity contribution in [2.45, 2.75) is 51.4 Å². The molecule has 5 heteroatoms. The molecule has 0 radical (unpaired) electrons. The number of aryl methyl sites for hydroxylation is 2. The second kappa shape index (κ2) is 14.7. The molecule has 3 nitrogen and oxygen atoms in total. The Morgan fingerprint density at radius 2 is 0.930 bits per heavy atom. The van der Waals surface area contributed by atoms with Crippen molar-refractivity contribution in [3.05, 3.63) is 180 Å². The van der Waals surface area contributed by atoms with Crippen LogP contribution in [0.15, 0.2) is 166 Å². The molecule has 2 aliphatic carbocycles. The quantitative estimate of drug-likeness (QED) is 0.158. The maximum atomic E-state index is 7.29. The van der Waals surface area contributed by atoms with Gasteiger partial charge in [0.1, 0.15) is 16.9 Å². The molecule has 0 N–H and O–H groups in total. The van der Waals surface area contributed by atoms with Crippen molar-refractivity contribution in [1.82, 2.24) is 0 Å². The van der Waals surface area contributed by atoms with Crippen LogP contribution in [0.4, 0.5) is 0 Å². The van der Waals surface area contributed by atoms with Crippen molar-refractivity contribution in [2.75, 3.05) is 0 Å². The number of hydrogen-bond donors (Lipinski definition) is 0. The topological polar surface area (TPSA) is 35.5 Å². The van der Waals surface area contributed by atoms with E-state index in [1.165, 1.54) is 75.0 Å². The third-order valence-electron chi connectivity index (χ3n) is 12.1. The van der Waals surface area contributed by atoms with Gasteiger partial charge in [0, 0.05) is 16.3 Å². The molecule has 278 valence electrons. The zero-order chi connectivity index (χ0) is 37.7. The molecule has 0 spiro atoms. The fourth-order valence-corrected chi connectivity index (χ4v) is 13.0. The molecule has 1 heterocycles. The lowest BCUT2D eigenvalue weighted by Gasteiger charge is -2.30. The summed E-state index contributed by atoms with van der Waals surface area (Å²) in [5.74, 6) is 0.852. The highest BCUT2D eigenvalue weighted by atomic mass is 31.1. The molecular formula is C52H42O3P2. The summed E-state index contributed by atoms with van der Waals surface area (Å²) in [6, 6.07) is 57.4. The maximum absolute atomic E-state index is 7.29. The van der Waals surface area contributed by atoms with Gasteiger partial charge in [-0.3, -0.25) is 0 Å². The van der Waals surface area contributed by atoms with Crippen LogP contribution in [0.1, 0.15) is 47.9 Å². The van der Waals surface area contributed by atoms with Gasteiger partial charge in [-0.25, -0.2) is 0 Å². The zero-order valence-electron chi connectivity index (χ0n) is 31.8. The monoisotopic (exact) mass is 776 g/mol. The number of fused-ring (bicyclic) bond motifs is 9. The van der Waals surface area contributed by atoms with E-state index in [-0.39, 0.29) is 0 Å². The van der Waals surface area contributed by atoms with E-state index in [2.05, 4.69) is 158 Å². The minimum absolute atomic E-state index is 0.781. The minimum Gasteiger partial charge on any atom is -0.390 e. The smallest absolute Gasteiger partial charge is 0.390 e. The largest absolute Gasteiger partial charge is 0.453 e. The lowest BCUT2D eigenvalue weighted by atomic mass is 9.80. The Hall–Kier alpha value is -5.59. The Labute approximate surface area is 335 Å². The Morgan fingerprint density at radius 3 is 1.51 bits per heavy atom. The molecule has 0 aliphatic heterocycles. The van der Waals surface area contributed by atoms with Crippen molar-refractivity contribution < 1.29 is 12.9 Å². The van der Waals surface area contributed by atoms with Crippen LogP contribution in [0.5, 0.6) is 5.75 Å². The number of hydrogen-bond acceptors (Lipinski definition) is 3. The van der Waals surface area contributed by atoms with Crippen LogP contribution in [0.3, 0.4) is 0 Å². The van der Waals surface area contributed by atoms with Crippen molar-refractivity contribution in [3.63, 3.8) is 0 Å². The standard InChI is InChI=1S/C52H42O3P2/c1-3-19-39(20-4-1)56(40-21-5-2-6-22-40)48-34-30-38-18-10-14-26-44(38)52(48)51-43-25-13-9-17-37(43)29-33-47(51)55-57-53-45-31-27-35-15-7-11-23-41(35)49(45)50-42-24-12-8-16-36(42)28-32-46(50)54-57/h1-8,11-12,15-16,19-24,27-34H,9-10,13-14,17-18,25-26H2. The molecule has 8 aromatic carbocycles. The van der Waals surface area contributed by atoms with Gasteiger partial charge in [-0.05, 0) is 143 Å². The molecule has 0 amide bonds. The van der Waals surface area contributed by atoms with Crippen LogP contribution in [-0.4, -0.2) is 0 Å². The van der Waals surface area contributed by atoms with Crippen LogP contribution in [0.2, 0.25) is 0 Å². The Kier molecular flexibility index (Phi) is 8.95. The summed E-state index contributed by atoms with van der Waals surface area (Å²) in [6.07, 6.45) is 9.09. The van der Waals surface area contributed by atoms with Crippen LogP contribution in [0, 0.1) is 0 Å². The molecule has 0 unspecified atom stereocenters. The van der Waals surface area contributed by atoms with Gasteiger partial charge in [0.15, 0.2) is 0 Å². The summed E-state index contributed by atoms with van der Waals surface area (Å²) in [4.78, 5) is 0. The van der Waals surface area contributed by atoms with E-state index in [0.717, 1.165) is 74.9 Å². The molecule has 0 saturated heterocycles. The average molecular weight is 777 g/mol. The summed E-state index contributed by atoms with van der Waals surface area (Å²) < 4.78 is 21.3. The van der Waals surface area contributed by atoms with E-state index in [1.807, 2.05) is 0 Å². The van der Waals surface area contributed by atoms with E-state index in [0.29, 0.717) is 0 Å². The van der Waals surface area contributed by atoms with Gasteiger partial charge in [-0.1, -0.05) is 140 Å². The molecular weight excluding hydrogens is 735 g/mol. The Bertz CT molecular complexity index is 2870. The first-order valence-corrected chi connectivity index (χ1v) is 22.8. The minimum atomic E-state index is -1.90. The van der Waals surface area contributed by atoms with Crippen molar-refractivity contribution in [2.24, 2.45) is 0 Å². The van der Waals surface area contributed by atoms with Crippen molar-refractivity contribution in [1.29, 1.82) is 0 Å². The molecule has 9 aromatic rings. The first-order chi connectivity index (χ1) is 28.3. The van der Waals surface area contributed by atoms with Crippen molar-refractivity contribution >= 4 is 75.6 Å². The Morgan fingerprint density at radius 1 is 0.439 bits per heavy atom. The second-order valence-electron chi connectivity index (χ2n) is 15.4. The SMILES string of the molecule is c1ccc(P(c2ccccc2)c2ccc3c(c2-c2c(Op4oc5ccc6ccccc6c5c5c(ccc6ccccc65)o4)ccc4c2CCCC4)CCCC3)cc1. The molecule has 1 aromatic heterocycles. The lowest BCUT2D eigenvalue weighted by molar-refractivity contribution is 0.498. The summed E-state index contributed by atoms with van der Waals surface area (Å²) in [7, 11) is -2.77. The summed E-state index contributed by atoms with van der Waals surface area (Å²) in [5, 5.41) is 10.8. The first kappa shape index (κ1) is 34.6. The lowest BCUT2D eigenvalue weighted by Crippen LogP contribution is -2.25. The maximum Gasteiger partial charge on any atom is 0.453 e. The van der Waals surface area contributed by atoms with Crippen LogP contribution in [-0.2, 0) is 25.7 Å². The normalized spacial score (nSPS) is 13.9. The molecule has 2 aliphatic rings. The zero-order valence-corrected chi connectivity index (χ0v) is 33.6. The van der Waals surface area contributed by atoms with E-state index in [4.69, 9.17) is 12.9 Å². The summed E-state index contributed by atoms with van der Waals surface area (Å²) in [5.41, 5.74) is 10.0. The first-order valence-electron chi connectivity index (χ1n) is 20.4. The van der Waals surface area contributed by atoms with Gasteiger partial charge in [0.2, 0.25) is 0 Å². The van der Waals surface area contributed by atoms with Crippen LogP contribution in [0.25, 0.3) is 54.6 Å². The highest BCUT2D eigenvalue weighted by Gasteiger charge is 2.30. The predicted octanol–water partition coefficient (Wildman–Crippen LogP) is 13.6. The fourth-order valence-electron chi connectivity index (χ4n) is 9.49. The highest BCUT2D eigenvalue weighted by Crippen LogP contribution is 2.49. The molecule has 11 rings (SSSR count). The van der Waals surface area contributed by atoms with Gasteiger partial charge in [0.05, 0.1) is 0 Å². The molecule has 0 saturated carbocycles. The third kappa shape index (κ3) is 6.17. The highest BCUT2D eigenvalue weighted by molar-refractivity contribution is 7.80. The van der Waals surface area contributed by atoms with Crippen molar-refractivity contribution in [3.8, 4) is 16.9 Å². The van der Waals surface area contributed by atoms with Gasteiger partial charge in [-0.2, -0.15) is 0 Å². The number of benzene rings is 8. The number of rotatable bonds is 6. The van der Waals surface area contributed by atoms with E-state index in [9.17, 15) is 0 Å². The molecule has 0 fully saturated rings.